The average molecular weight is 133 g/mol. The zero-order valence-corrected chi connectivity index (χ0v) is 5.03. The van der Waals surface area contributed by atoms with Crippen LogP contribution in [0, 0.1) is 5.92 Å². The molecule has 0 amide bonds. The summed E-state index contributed by atoms with van der Waals surface area (Å²) < 4.78 is 25.1. The zero-order chi connectivity index (χ0) is 6.70. The maximum atomic E-state index is 12.5. The van der Waals surface area contributed by atoms with Crippen LogP contribution in [-0.4, -0.2) is 11.5 Å². The molecular formula is C6H9F2N. The fraction of sp³-hybridized carbons (Fsp3) is 1.00. The normalized spacial score (nSPS) is 53.0. The summed E-state index contributed by atoms with van der Waals surface area (Å²) in [4.78, 5) is 0. The molecule has 0 bridgehead atoms. The van der Waals surface area contributed by atoms with Gasteiger partial charge < -0.3 is 5.73 Å². The molecule has 2 aliphatic carbocycles. The van der Waals surface area contributed by atoms with Crippen LogP contribution in [0.2, 0.25) is 0 Å². The van der Waals surface area contributed by atoms with Gasteiger partial charge in [0.05, 0.1) is 0 Å². The highest BCUT2D eigenvalue weighted by Crippen LogP contribution is 2.61. The first-order valence-corrected chi connectivity index (χ1v) is 3.21. The molecule has 0 aliphatic heterocycles. The van der Waals surface area contributed by atoms with Gasteiger partial charge in [-0.2, -0.15) is 0 Å². The molecule has 9 heavy (non-hydrogen) atoms. The van der Waals surface area contributed by atoms with E-state index in [0.29, 0.717) is 12.8 Å². The van der Waals surface area contributed by atoms with E-state index < -0.39 is 17.4 Å². The van der Waals surface area contributed by atoms with Gasteiger partial charge in [0.2, 0.25) is 0 Å². The molecule has 1 nitrogen and oxygen atoms in total. The molecule has 0 saturated heterocycles. The van der Waals surface area contributed by atoms with Gasteiger partial charge in [-0.3, -0.25) is 0 Å². The van der Waals surface area contributed by atoms with E-state index in [9.17, 15) is 8.78 Å². The van der Waals surface area contributed by atoms with Crippen molar-refractivity contribution in [2.24, 2.45) is 11.7 Å². The van der Waals surface area contributed by atoms with Crippen LogP contribution in [-0.2, 0) is 0 Å². The molecule has 0 heterocycles. The Balaban J connectivity index is 2.21. The highest BCUT2D eigenvalue weighted by Gasteiger charge is 2.68. The molecule has 2 aliphatic rings. The third-order valence-electron chi connectivity index (χ3n) is 2.55. The molecule has 3 heteroatoms. The van der Waals surface area contributed by atoms with Crippen LogP contribution in [0.4, 0.5) is 8.78 Å². The second kappa shape index (κ2) is 1.15. The van der Waals surface area contributed by atoms with E-state index in [-0.39, 0.29) is 6.42 Å². The Morgan fingerprint density at radius 1 is 1.33 bits per heavy atom. The largest absolute Gasteiger partial charge is 0.325 e. The molecule has 0 spiro atoms. The maximum absolute atomic E-state index is 12.5. The van der Waals surface area contributed by atoms with Gasteiger partial charge in [0.25, 0.3) is 5.92 Å². The number of fused-ring (bicyclic) bond motifs is 1. The minimum Gasteiger partial charge on any atom is -0.325 e. The van der Waals surface area contributed by atoms with Crippen molar-refractivity contribution >= 4 is 0 Å². The Morgan fingerprint density at radius 2 is 2.00 bits per heavy atom. The van der Waals surface area contributed by atoms with Crippen LogP contribution >= 0.6 is 0 Å². The second-order valence-corrected chi connectivity index (χ2v) is 3.25. The number of hydrogen-bond donors (Lipinski definition) is 1. The summed E-state index contributed by atoms with van der Waals surface area (Å²) in [5.41, 5.74) is 5.09. The topological polar surface area (TPSA) is 26.0 Å². The number of nitrogens with two attached hydrogens (primary N) is 1. The van der Waals surface area contributed by atoms with Crippen molar-refractivity contribution in [1.29, 1.82) is 0 Å². The fourth-order valence-corrected chi connectivity index (χ4v) is 1.74. The predicted molar refractivity (Wildman–Crippen MR) is 29.2 cm³/mol. The van der Waals surface area contributed by atoms with Gasteiger partial charge in [0.15, 0.2) is 0 Å². The molecular weight excluding hydrogens is 124 g/mol. The van der Waals surface area contributed by atoms with Crippen molar-refractivity contribution in [3.8, 4) is 0 Å². The quantitative estimate of drug-likeness (QED) is 0.526. The average Bonchev–Trinajstić information content (AvgIpc) is 2.35. The monoisotopic (exact) mass is 133 g/mol. The zero-order valence-electron chi connectivity index (χ0n) is 5.03. The van der Waals surface area contributed by atoms with E-state index in [1.807, 2.05) is 0 Å². The SMILES string of the molecule is N[C@@]12CCC(F)(F)[C@@H]1C2. The van der Waals surface area contributed by atoms with Crippen LogP contribution in [0.5, 0.6) is 0 Å². The molecule has 2 atom stereocenters. The fourth-order valence-electron chi connectivity index (χ4n) is 1.74. The van der Waals surface area contributed by atoms with Gasteiger partial charge in [-0.1, -0.05) is 0 Å². The number of rotatable bonds is 0. The minimum absolute atomic E-state index is 0.00810. The molecule has 2 fully saturated rings. The predicted octanol–water partition coefficient (Wildman–Crippen LogP) is 1.13. The van der Waals surface area contributed by atoms with Crippen LogP contribution in [0.25, 0.3) is 0 Å². The maximum Gasteiger partial charge on any atom is 0.252 e. The highest BCUT2D eigenvalue weighted by molar-refractivity contribution is 5.18. The summed E-state index contributed by atoms with van der Waals surface area (Å²) in [5, 5.41) is 0. The van der Waals surface area contributed by atoms with Crippen LogP contribution in [0.15, 0.2) is 0 Å². The Labute approximate surface area is 52.2 Å². The molecule has 0 aromatic heterocycles. The van der Waals surface area contributed by atoms with Crippen molar-refractivity contribution < 1.29 is 8.78 Å². The number of hydrogen-bond acceptors (Lipinski definition) is 1. The van der Waals surface area contributed by atoms with Gasteiger partial charge in [-0.05, 0) is 12.8 Å². The second-order valence-electron chi connectivity index (χ2n) is 3.25. The Bertz CT molecular complexity index is 157. The number of alkyl halides is 2. The number of halogens is 2. The standard InChI is InChI=1S/C6H9F2N/c7-6(8)2-1-5(9)3-4(5)6/h4H,1-3,9H2/t4-,5-/m1/s1. The van der Waals surface area contributed by atoms with Gasteiger partial charge in [0.1, 0.15) is 0 Å². The Hall–Kier alpha value is -0.180. The van der Waals surface area contributed by atoms with E-state index in [0.717, 1.165) is 0 Å². The van der Waals surface area contributed by atoms with E-state index in [4.69, 9.17) is 5.73 Å². The molecule has 52 valence electrons. The van der Waals surface area contributed by atoms with Gasteiger partial charge in [-0.25, -0.2) is 8.78 Å². The van der Waals surface area contributed by atoms with Crippen molar-refractivity contribution in [3.05, 3.63) is 0 Å². The van der Waals surface area contributed by atoms with Gasteiger partial charge >= 0.3 is 0 Å². The molecule has 0 aromatic rings. The summed E-state index contributed by atoms with van der Waals surface area (Å²) >= 11 is 0. The molecule has 2 rings (SSSR count). The summed E-state index contributed by atoms with van der Waals surface area (Å²) in [6.45, 7) is 0. The van der Waals surface area contributed by atoms with Crippen molar-refractivity contribution in [2.45, 2.75) is 30.7 Å². The van der Waals surface area contributed by atoms with E-state index in [2.05, 4.69) is 0 Å². The smallest absolute Gasteiger partial charge is 0.252 e. The summed E-state index contributed by atoms with van der Waals surface area (Å²) in [5.74, 6) is -2.92. The Kier molecular flexibility index (Phi) is 0.712. The molecule has 2 N–H and O–H groups in total. The van der Waals surface area contributed by atoms with Gasteiger partial charge in [-0.15, -0.1) is 0 Å². The van der Waals surface area contributed by atoms with Crippen LogP contribution in [0.1, 0.15) is 19.3 Å². The Morgan fingerprint density at radius 3 is 2.11 bits per heavy atom. The van der Waals surface area contributed by atoms with Crippen LogP contribution in [0.3, 0.4) is 0 Å². The lowest BCUT2D eigenvalue weighted by Gasteiger charge is -2.07. The highest BCUT2D eigenvalue weighted by atomic mass is 19.3. The third-order valence-corrected chi connectivity index (χ3v) is 2.55. The van der Waals surface area contributed by atoms with E-state index in [1.54, 1.807) is 0 Å². The molecule has 0 radical (unpaired) electrons. The molecule has 0 aromatic carbocycles. The lowest BCUT2D eigenvalue weighted by Crippen LogP contribution is -2.22. The van der Waals surface area contributed by atoms with Crippen molar-refractivity contribution in [1.82, 2.24) is 0 Å². The van der Waals surface area contributed by atoms with Gasteiger partial charge in [0, 0.05) is 17.9 Å². The molecule has 2 saturated carbocycles. The van der Waals surface area contributed by atoms with Crippen molar-refractivity contribution in [3.63, 3.8) is 0 Å². The lowest BCUT2D eigenvalue weighted by molar-refractivity contribution is -0.0145. The van der Waals surface area contributed by atoms with Crippen LogP contribution < -0.4 is 5.73 Å². The summed E-state index contributed by atoms with van der Waals surface area (Å²) in [7, 11) is 0. The van der Waals surface area contributed by atoms with Crippen molar-refractivity contribution in [2.75, 3.05) is 0 Å². The van der Waals surface area contributed by atoms with E-state index >= 15 is 0 Å². The molecule has 0 unspecified atom stereocenters. The first-order valence-electron chi connectivity index (χ1n) is 3.21. The summed E-state index contributed by atoms with van der Waals surface area (Å²) in [6, 6.07) is 0. The summed E-state index contributed by atoms with van der Waals surface area (Å²) in [6.07, 6.45) is 1.07. The minimum atomic E-state index is -2.44. The lowest BCUT2D eigenvalue weighted by atomic mass is 10.2. The first kappa shape index (κ1) is 5.59. The third kappa shape index (κ3) is 0.556. The first-order chi connectivity index (χ1) is 4.05. The van der Waals surface area contributed by atoms with E-state index in [1.165, 1.54) is 0 Å².